The van der Waals surface area contributed by atoms with Gasteiger partial charge in [-0.05, 0) is 39.0 Å². The first kappa shape index (κ1) is 17.0. The zero-order valence-corrected chi connectivity index (χ0v) is 13.7. The van der Waals surface area contributed by atoms with Crippen LogP contribution in [0.5, 0.6) is 0 Å². The minimum absolute atomic E-state index is 0.000367. The summed E-state index contributed by atoms with van der Waals surface area (Å²) in [4.78, 5) is 10.8. The molecule has 0 aliphatic rings. The molecule has 2 aromatic rings. The maximum absolute atomic E-state index is 13.7. The van der Waals surface area contributed by atoms with Gasteiger partial charge in [0, 0.05) is 17.2 Å². The number of carboxylic acids is 1. The normalized spacial score (nSPS) is 12.0. The van der Waals surface area contributed by atoms with Crippen LogP contribution in [-0.4, -0.2) is 20.9 Å². The average Bonchev–Trinajstić information content (AvgIpc) is 2.76. The number of aromatic nitrogens is 2. The lowest BCUT2D eigenvalue weighted by atomic mass is 10.1. The van der Waals surface area contributed by atoms with E-state index in [0.29, 0.717) is 22.6 Å². The fourth-order valence-electron chi connectivity index (χ4n) is 2.13. The average molecular weight is 338 g/mol. The van der Waals surface area contributed by atoms with Crippen LogP contribution in [0.3, 0.4) is 0 Å². The minimum atomic E-state index is -1.11. The van der Waals surface area contributed by atoms with Crippen molar-refractivity contribution in [2.24, 2.45) is 0 Å². The minimum Gasteiger partial charge on any atom is -0.478 e. The van der Waals surface area contributed by atoms with Crippen molar-refractivity contribution in [2.75, 3.05) is 5.73 Å². The lowest BCUT2D eigenvalue weighted by Crippen LogP contribution is -2.24. The molecule has 7 heteroatoms. The third-order valence-corrected chi connectivity index (χ3v) is 3.49. The highest BCUT2D eigenvalue weighted by Gasteiger charge is 2.23. The van der Waals surface area contributed by atoms with E-state index >= 15 is 0 Å². The van der Waals surface area contributed by atoms with Crippen molar-refractivity contribution in [1.29, 1.82) is 0 Å². The van der Waals surface area contributed by atoms with Gasteiger partial charge >= 0.3 is 5.97 Å². The number of nitrogens with zero attached hydrogens (tertiary/aromatic N) is 2. The monoisotopic (exact) mass is 337 g/mol. The van der Waals surface area contributed by atoms with Gasteiger partial charge in [0.1, 0.15) is 17.3 Å². The van der Waals surface area contributed by atoms with Crippen molar-refractivity contribution in [3.63, 3.8) is 0 Å². The Morgan fingerprint density at radius 2 is 2.09 bits per heavy atom. The van der Waals surface area contributed by atoms with E-state index in [4.69, 9.17) is 22.4 Å². The summed E-state index contributed by atoms with van der Waals surface area (Å²) in [6.07, 6.45) is 2.32. The van der Waals surface area contributed by atoms with E-state index in [1.165, 1.54) is 18.2 Å². The summed E-state index contributed by atoms with van der Waals surface area (Å²) in [5.74, 6) is -1.39. The second-order valence-electron chi connectivity index (χ2n) is 6.03. The van der Waals surface area contributed by atoms with Gasteiger partial charge in [-0.25, -0.2) is 13.9 Å². The summed E-state index contributed by atoms with van der Waals surface area (Å²) < 4.78 is 15.3. The Kier molecular flexibility index (Phi) is 4.47. The molecule has 0 saturated carbocycles. The van der Waals surface area contributed by atoms with Gasteiger partial charge in [0.25, 0.3) is 0 Å². The van der Waals surface area contributed by atoms with Crippen LogP contribution >= 0.6 is 11.6 Å². The third-order valence-electron chi connectivity index (χ3n) is 3.18. The largest absolute Gasteiger partial charge is 0.478 e. The van der Waals surface area contributed by atoms with Crippen molar-refractivity contribution in [3.8, 4) is 11.3 Å². The van der Waals surface area contributed by atoms with Gasteiger partial charge in [-0.1, -0.05) is 17.7 Å². The van der Waals surface area contributed by atoms with Gasteiger partial charge in [-0.15, -0.1) is 0 Å². The number of rotatable bonds is 3. The number of aliphatic carboxylic acids is 1. The first-order valence-corrected chi connectivity index (χ1v) is 7.24. The van der Waals surface area contributed by atoms with E-state index in [0.717, 1.165) is 6.08 Å². The zero-order valence-electron chi connectivity index (χ0n) is 13.0. The summed E-state index contributed by atoms with van der Waals surface area (Å²) in [6.45, 7) is 5.73. The molecule has 0 aliphatic heterocycles. The predicted molar refractivity (Wildman–Crippen MR) is 88.7 cm³/mol. The summed E-state index contributed by atoms with van der Waals surface area (Å²) >= 11 is 5.70. The van der Waals surface area contributed by atoms with E-state index in [9.17, 15) is 9.18 Å². The highest BCUT2D eigenvalue weighted by atomic mass is 35.5. The molecule has 0 atom stereocenters. The topological polar surface area (TPSA) is 81.1 Å². The molecule has 0 amide bonds. The Balaban J connectivity index is 2.70. The van der Waals surface area contributed by atoms with E-state index in [1.54, 1.807) is 10.7 Å². The van der Waals surface area contributed by atoms with Crippen LogP contribution in [0.15, 0.2) is 24.3 Å². The molecule has 1 aromatic heterocycles. The van der Waals surface area contributed by atoms with Crippen LogP contribution in [0, 0.1) is 5.82 Å². The Hall–Kier alpha value is -2.34. The van der Waals surface area contributed by atoms with Gasteiger partial charge < -0.3 is 10.8 Å². The molecule has 0 spiro atoms. The van der Waals surface area contributed by atoms with Gasteiger partial charge in [-0.2, -0.15) is 5.10 Å². The molecule has 0 saturated heterocycles. The highest BCUT2D eigenvalue weighted by molar-refractivity contribution is 6.30. The number of benzene rings is 1. The molecule has 3 N–H and O–H groups in total. The zero-order chi connectivity index (χ0) is 17.4. The number of nitrogens with two attached hydrogens (primary N) is 1. The van der Waals surface area contributed by atoms with Crippen LogP contribution in [0.1, 0.15) is 26.3 Å². The third kappa shape index (κ3) is 3.53. The van der Waals surface area contributed by atoms with Crippen molar-refractivity contribution >= 4 is 29.5 Å². The van der Waals surface area contributed by atoms with Crippen molar-refractivity contribution in [2.45, 2.75) is 26.3 Å². The second kappa shape index (κ2) is 6.04. The molecule has 0 radical (unpaired) electrons. The predicted octanol–water partition coefficient (Wildman–Crippen LogP) is 3.78. The summed E-state index contributed by atoms with van der Waals surface area (Å²) in [7, 11) is 0. The quantitative estimate of drug-likeness (QED) is 0.835. The molecule has 1 aromatic carbocycles. The van der Waals surface area contributed by atoms with Gasteiger partial charge in [-0.3, -0.25) is 0 Å². The lowest BCUT2D eigenvalue weighted by molar-refractivity contribution is -0.131. The van der Waals surface area contributed by atoms with E-state index in [2.05, 4.69) is 5.10 Å². The van der Waals surface area contributed by atoms with E-state index in [-0.39, 0.29) is 5.02 Å². The number of carboxylic acid groups (broad SMARTS) is 1. The van der Waals surface area contributed by atoms with Crippen molar-refractivity contribution in [3.05, 3.63) is 40.7 Å². The number of hydrogen-bond donors (Lipinski definition) is 2. The molecule has 0 bridgehead atoms. The highest BCUT2D eigenvalue weighted by Crippen LogP contribution is 2.33. The van der Waals surface area contributed by atoms with Crippen LogP contribution in [-0.2, 0) is 10.3 Å². The molecule has 5 nitrogen and oxygen atoms in total. The fraction of sp³-hybridized carbons (Fsp3) is 0.250. The number of nitrogen functional groups attached to an aromatic ring is 1. The molecular weight excluding hydrogens is 321 g/mol. The Morgan fingerprint density at radius 1 is 1.43 bits per heavy atom. The summed E-state index contributed by atoms with van der Waals surface area (Å²) in [5, 5.41) is 13.3. The molecule has 0 unspecified atom stereocenters. The molecule has 0 aliphatic carbocycles. The van der Waals surface area contributed by atoms with Crippen LogP contribution in [0.25, 0.3) is 17.3 Å². The molecule has 0 fully saturated rings. The maximum Gasteiger partial charge on any atom is 0.328 e. The summed E-state index contributed by atoms with van der Waals surface area (Å²) in [6, 6.07) is 4.27. The molecule has 23 heavy (non-hydrogen) atoms. The van der Waals surface area contributed by atoms with Crippen molar-refractivity contribution in [1.82, 2.24) is 9.78 Å². The molecular formula is C16H17ClFN3O2. The number of halogens is 2. The van der Waals surface area contributed by atoms with Gasteiger partial charge in [0.2, 0.25) is 0 Å². The fourth-order valence-corrected chi connectivity index (χ4v) is 2.25. The van der Waals surface area contributed by atoms with Gasteiger partial charge in [0.15, 0.2) is 0 Å². The number of hydrogen-bond acceptors (Lipinski definition) is 3. The first-order valence-electron chi connectivity index (χ1n) is 6.86. The van der Waals surface area contributed by atoms with Crippen LogP contribution in [0.4, 0.5) is 10.2 Å². The lowest BCUT2D eigenvalue weighted by Gasteiger charge is -2.20. The standard InChI is InChI=1S/C16H17ClFN3O2/c1-16(2,3)21-15(19)10(5-7-13(22)23)14(20-21)9-4-6-11(17)12(18)8-9/h4-8H,19H2,1-3H3,(H,22,23)/b7-5+. The Bertz CT molecular complexity index is 791. The first-order chi connectivity index (χ1) is 10.6. The number of carbonyl (C=O) groups is 1. The van der Waals surface area contributed by atoms with Crippen molar-refractivity contribution < 1.29 is 14.3 Å². The number of anilines is 1. The smallest absolute Gasteiger partial charge is 0.328 e. The Labute approximate surface area is 138 Å². The molecule has 1 heterocycles. The molecule has 122 valence electrons. The van der Waals surface area contributed by atoms with Crippen LogP contribution in [0.2, 0.25) is 5.02 Å². The summed E-state index contributed by atoms with van der Waals surface area (Å²) in [5.41, 5.74) is 6.98. The van der Waals surface area contributed by atoms with Crippen LogP contribution < -0.4 is 5.73 Å². The van der Waals surface area contributed by atoms with E-state index in [1.807, 2.05) is 20.8 Å². The van der Waals surface area contributed by atoms with E-state index < -0.39 is 17.3 Å². The maximum atomic E-state index is 13.7. The second-order valence-corrected chi connectivity index (χ2v) is 6.44. The SMILES string of the molecule is CC(C)(C)n1nc(-c2ccc(Cl)c(F)c2)c(/C=C/C(=O)O)c1N. The Morgan fingerprint density at radius 3 is 2.61 bits per heavy atom. The van der Waals surface area contributed by atoms with Gasteiger partial charge in [0.05, 0.1) is 10.6 Å². The molecule has 2 rings (SSSR count).